The Hall–Kier alpha value is -5.49. The molecule has 0 fully saturated rings. The monoisotopic (exact) mass is 604 g/mol. The Balaban J connectivity index is 1.55. The Labute approximate surface area is 261 Å². The van der Waals surface area contributed by atoms with E-state index in [9.17, 15) is 14.9 Å². The molecule has 0 bridgehead atoms. The van der Waals surface area contributed by atoms with E-state index < -0.39 is 17.6 Å². The van der Waals surface area contributed by atoms with E-state index in [-0.39, 0.29) is 29.0 Å². The number of benzene rings is 3. The van der Waals surface area contributed by atoms with Crippen molar-refractivity contribution in [1.82, 2.24) is 14.7 Å². The van der Waals surface area contributed by atoms with Crippen LogP contribution in [0, 0.1) is 17.1 Å². The molecule has 0 spiro atoms. The van der Waals surface area contributed by atoms with Crippen LogP contribution in [0.4, 0.5) is 4.39 Å². The van der Waals surface area contributed by atoms with Gasteiger partial charge in [-0.3, -0.25) is 14.5 Å². The summed E-state index contributed by atoms with van der Waals surface area (Å²) >= 11 is 0. The van der Waals surface area contributed by atoms with E-state index in [4.69, 9.17) is 14.6 Å². The number of para-hydroxylation sites is 1. The van der Waals surface area contributed by atoms with Crippen LogP contribution in [0.2, 0.25) is 0 Å². The number of hydrogen-bond donors (Lipinski definition) is 0. The standard InChI is InChI=1S/C36H33FN4O4/c1-4-5-19-45-33-16-13-26(21-32(33)37)34-27(23-41(39-34)28-9-7-6-8-10-28)20-30-24(2)31(22-38)36(43)40(35(30)42)18-17-25-11-14-29(44-3)15-12-25/h6-16,20-21,23H,4-5,17-19H2,1-3H3/b30-20+. The maximum Gasteiger partial charge on any atom is 0.271 e. The van der Waals surface area contributed by atoms with Crippen LogP contribution in [0.3, 0.4) is 0 Å². The fraction of sp³-hybridized carbons (Fsp3) is 0.222. The third kappa shape index (κ3) is 6.70. The molecule has 8 nitrogen and oxygen atoms in total. The second-order valence-electron chi connectivity index (χ2n) is 10.6. The van der Waals surface area contributed by atoms with Crippen molar-refractivity contribution in [3.05, 3.63) is 113 Å². The molecule has 3 aromatic carbocycles. The Morgan fingerprint density at radius 3 is 2.44 bits per heavy atom. The summed E-state index contributed by atoms with van der Waals surface area (Å²) in [5, 5.41) is 14.7. The van der Waals surface area contributed by atoms with E-state index in [0.717, 1.165) is 29.0 Å². The van der Waals surface area contributed by atoms with Crippen molar-refractivity contribution in [2.75, 3.05) is 20.3 Å². The lowest BCUT2D eigenvalue weighted by Gasteiger charge is -2.27. The number of carbonyl (C=O) groups is 2. The number of aromatic nitrogens is 2. The summed E-state index contributed by atoms with van der Waals surface area (Å²) < 4.78 is 27.6. The molecule has 0 saturated carbocycles. The fourth-order valence-corrected chi connectivity index (χ4v) is 5.04. The number of rotatable bonds is 11. The fourth-order valence-electron chi connectivity index (χ4n) is 5.04. The van der Waals surface area contributed by atoms with E-state index in [1.54, 1.807) is 43.1 Å². The van der Waals surface area contributed by atoms with Crippen molar-refractivity contribution in [3.63, 3.8) is 0 Å². The van der Waals surface area contributed by atoms with E-state index >= 15 is 4.39 Å². The maximum atomic E-state index is 15.1. The third-order valence-corrected chi connectivity index (χ3v) is 7.63. The molecule has 1 aliphatic rings. The van der Waals surface area contributed by atoms with E-state index in [2.05, 4.69) is 0 Å². The first-order valence-electron chi connectivity index (χ1n) is 14.7. The first kappa shape index (κ1) is 31.0. The molecular formula is C36H33FN4O4. The van der Waals surface area contributed by atoms with Crippen LogP contribution >= 0.6 is 0 Å². The number of ether oxygens (including phenoxy) is 2. The van der Waals surface area contributed by atoms with Gasteiger partial charge in [-0.1, -0.05) is 43.7 Å². The summed E-state index contributed by atoms with van der Waals surface area (Å²) in [4.78, 5) is 28.2. The van der Waals surface area contributed by atoms with Crippen LogP contribution in [0.5, 0.6) is 11.5 Å². The molecule has 228 valence electrons. The van der Waals surface area contributed by atoms with Crippen LogP contribution in [0.25, 0.3) is 23.0 Å². The van der Waals surface area contributed by atoms with E-state index in [1.807, 2.05) is 67.6 Å². The molecule has 0 atom stereocenters. The Kier molecular flexibility index (Phi) is 9.54. The van der Waals surface area contributed by atoms with Crippen molar-refractivity contribution >= 4 is 17.9 Å². The highest BCUT2D eigenvalue weighted by molar-refractivity contribution is 6.19. The van der Waals surface area contributed by atoms with Crippen molar-refractivity contribution < 1.29 is 23.5 Å². The highest BCUT2D eigenvalue weighted by Gasteiger charge is 2.35. The van der Waals surface area contributed by atoms with Crippen molar-refractivity contribution in [3.8, 4) is 34.5 Å². The smallest absolute Gasteiger partial charge is 0.271 e. The van der Waals surface area contributed by atoms with Crippen LogP contribution in [-0.4, -0.2) is 46.8 Å². The van der Waals surface area contributed by atoms with Gasteiger partial charge >= 0.3 is 0 Å². The van der Waals surface area contributed by atoms with Gasteiger partial charge in [-0.15, -0.1) is 0 Å². The number of nitriles is 1. The first-order chi connectivity index (χ1) is 21.8. The molecule has 0 saturated heterocycles. The van der Waals surface area contributed by atoms with E-state index in [1.165, 1.54) is 6.07 Å². The highest BCUT2D eigenvalue weighted by Crippen LogP contribution is 2.33. The molecule has 9 heteroatoms. The summed E-state index contributed by atoms with van der Waals surface area (Å²) in [7, 11) is 1.58. The number of methoxy groups -OCH3 is 1. The number of unbranched alkanes of at least 4 members (excludes halogenated alkanes) is 1. The Bertz CT molecular complexity index is 1820. The highest BCUT2D eigenvalue weighted by atomic mass is 19.1. The van der Waals surface area contributed by atoms with Gasteiger partial charge in [-0.25, -0.2) is 9.07 Å². The van der Waals surface area contributed by atoms with Gasteiger partial charge < -0.3 is 9.47 Å². The zero-order chi connectivity index (χ0) is 31.9. The minimum absolute atomic E-state index is 0.0840. The number of imide groups is 1. The Morgan fingerprint density at radius 2 is 1.78 bits per heavy atom. The minimum Gasteiger partial charge on any atom is -0.497 e. The van der Waals surface area contributed by atoms with E-state index in [0.29, 0.717) is 35.6 Å². The number of hydrogen-bond acceptors (Lipinski definition) is 6. The normalized spacial score (nSPS) is 14.2. The second-order valence-corrected chi connectivity index (χ2v) is 10.6. The van der Waals surface area contributed by atoms with Crippen LogP contribution < -0.4 is 9.47 Å². The molecule has 0 unspecified atom stereocenters. The largest absolute Gasteiger partial charge is 0.497 e. The van der Waals surface area contributed by atoms with Gasteiger partial charge in [0, 0.05) is 29.4 Å². The molecule has 2 heterocycles. The Morgan fingerprint density at radius 1 is 1.02 bits per heavy atom. The molecule has 45 heavy (non-hydrogen) atoms. The number of amides is 2. The third-order valence-electron chi connectivity index (χ3n) is 7.63. The summed E-state index contributed by atoms with van der Waals surface area (Å²) in [5.74, 6) is -0.824. The zero-order valence-electron chi connectivity index (χ0n) is 25.4. The van der Waals surface area contributed by atoms with Crippen LogP contribution in [-0.2, 0) is 16.0 Å². The van der Waals surface area contributed by atoms with Gasteiger partial charge in [0.25, 0.3) is 11.8 Å². The van der Waals surface area contributed by atoms with Gasteiger partial charge in [0.2, 0.25) is 0 Å². The molecule has 0 N–H and O–H groups in total. The summed E-state index contributed by atoms with van der Waals surface area (Å²) in [6.07, 6.45) is 5.50. The molecule has 4 aromatic rings. The lowest BCUT2D eigenvalue weighted by molar-refractivity contribution is -0.140. The molecule has 1 aliphatic heterocycles. The second kappa shape index (κ2) is 13.9. The minimum atomic E-state index is -0.633. The summed E-state index contributed by atoms with van der Waals surface area (Å²) in [6, 6.07) is 23.4. The average Bonchev–Trinajstić information content (AvgIpc) is 3.49. The van der Waals surface area contributed by atoms with Gasteiger partial charge in [-0.2, -0.15) is 10.4 Å². The SMILES string of the molecule is CCCCOc1ccc(-c2nn(-c3ccccc3)cc2/C=C2/C(=O)N(CCc3ccc(OC)cc3)C(=O)C(C#N)=C2C)cc1F. The summed E-state index contributed by atoms with van der Waals surface area (Å²) in [6.45, 7) is 4.12. The molecule has 1 aromatic heterocycles. The van der Waals surface area contributed by atoms with Crippen LogP contribution in [0.1, 0.15) is 37.8 Å². The lowest BCUT2D eigenvalue weighted by Crippen LogP contribution is -2.43. The number of nitrogens with zero attached hydrogens (tertiary/aromatic N) is 4. The number of halogens is 1. The van der Waals surface area contributed by atoms with Crippen LogP contribution in [0.15, 0.2) is 95.7 Å². The maximum absolute atomic E-state index is 15.1. The van der Waals surface area contributed by atoms with Gasteiger partial charge in [0.05, 0.1) is 19.4 Å². The predicted molar refractivity (Wildman–Crippen MR) is 169 cm³/mol. The molecule has 5 rings (SSSR count). The van der Waals surface area contributed by atoms with Gasteiger partial charge in [0.15, 0.2) is 11.6 Å². The topological polar surface area (TPSA) is 97.4 Å². The molecule has 0 aliphatic carbocycles. The predicted octanol–water partition coefficient (Wildman–Crippen LogP) is 6.70. The van der Waals surface area contributed by atoms with Crippen molar-refractivity contribution in [1.29, 1.82) is 5.26 Å². The number of carbonyl (C=O) groups excluding carboxylic acids is 2. The van der Waals surface area contributed by atoms with Crippen molar-refractivity contribution in [2.45, 2.75) is 33.1 Å². The quantitative estimate of drug-likeness (QED) is 0.107. The molecular weight excluding hydrogens is 571 g/mol. The first-order valence-corrected chi connectivity index (χ1v) is 14.7. The van der Waals surface area contributed by atoms with Gasteiger partial charge in [-0.05, 0) is 79.4 Å². The lowest BCUT2D eigenvalue weighted by atomic mass is 9.93. The zero-order valence-corrected chi connectivity index (χ0v) is 25.4. The van der Waals surface area contributed by atoms with Gasteiger partial charge in [0.1, 0.15) is 23.1 Å². The van der Waals surface area contributed by atoms with Crippen molar-refractivity contribution in [2.24, 2.45) is 0 Å². The molecule has 2 amide bonds. The molecule has 0 radical (unpaired) electrons. The average molecular weight is 605 g/mol. The summed E-state index contributed by atoms with van der Waals surface area (Å²) in [5.41, 5.74) is 3.45.